The first kappa shape index (κ1) is 16.5. The topological polar surface area (TPSA) is 90.7 Å². The Hall–Kier alpha value is -2.83. The van der Waals surface area contributed by atoms with Gasteiger partial charge >= 0.3 is 5.97 Å². The minimum absolute atomic E-state index is 0.00167. The molecule has 7 heteroatoms. The maximum atomic E-state index is 12.2. The van der Waals surface area contributed by atoms with Crippen molar-refractivity contribution in [1.82, 2.24) is 10.5 Å². The second-order valence-electron chi connectivity index (χ2n) is 4.91. The van der Waals surface area contributed by atoms with Crippen LogP contribution in [0.5, 0.6) is 5.75 Å². The molecule has 1 heterocycles. The number of hydrogen-bond acceptors (Lipinski definition) is 6. The van der Waals surface area contributed by atoms with Gasteiger partial charge in [-0.2, -0.15) is 0 Å². The highest BCUT2D eigenvalue weighted by Crippen LogP contribution is 2.21. The van der Waals surface area contributed by atoms with Crippen LogP contribution in [0.2, 0.25) is 0 Å². The van der Waals surface area contributed by atoms with Crippen LogP contribution >= 0.6 is 0 Å². The lowest BCUT2D eigenvalue weighted by molar-refractivity contribution is -0.141. The monoisotopic (exact) mass is 318 g/mol. The van der Waals surface area contributed by atoms with Crippen molar-refractivity contribution in [3.8, 4) is 5.75 Å². The Morgan fingerprint density at radius 1 is 1.26 bits per heavy atom. The molecule has 1 aromatic heterocycles. The van der Waals surface area contributed by atoms with E-state index in [2.05, 4.69) is 15.2 Å². The Morgan fingerprint density at radius 3 is 2.48 bits per heavy atom. The molecule has 1 atom stereocenters. The number of benzene rings is 1. The molecule has 1 N–H and O–H groups in total. The molecule has 0 spiro atoms. The van der Waals surface area contributed by atoms with Crippen molar-refractivity contribution in [3.63, 3.8) is 0 Å². The zero-order chi connectivity index (χ0) is 16.8. The van der Waals surface area contributed by atoms with Gasteiger partial charge in [0.05, 0.1) is 32.4 Å². The second-order valence-corrected chi connectivity index (χ2v) is 4.91. The van der Waals surface area contributed by atoms with Crippen LogP contribution in [0.4, 0.5) is 0 Å². The molecule has 0 aliphatic rings. The van der Waals surface area contributed by atoms with Crippen molar-refractivity contribution < 1.29 is 23.6 Å². The zero-order valence-electron chi connectivity index (χ0n) is 13.2. The van der Waals surface area contributed by atoms with Crippen molar-refractivity contribution in [2.45, 2.75) is 19.4 Å². The Balaban J connectivity index is 2.18. The summed E-state index contributed by atoms with van der Waals surface area (Å²) >= 11 is 0. The Kier molecular flexibility index (Phi) is 5.35. The van der Waals surface area contributed by atoms with Crippen molar-refractivity contribution in [2.24, 2.45) is 0 Å². The Bertz CT molecular complexity index is 678. The van der Waals surface area contributed by atoms with Crippen molar-refractivity contribution >= 4 is 11.9 Å². The molecule has 0 aliphatic carbocycles. The number of esters is 1. The average molecular weight is 318 g/mol. The number of hydrogen-bond donors (Lipinski definition) is 1. The van der Waals surface area contributed by atoms with Crippen LogP contribution in [0.1, 0.15) is 34.3 Å². The van der Waals surface area contributed by atoms with E-state index in [1.165, 1.54) is 13.2 Å². The summed E-state index contributed by atoms with van der Waals surface area (Å²) in [5.41, 5.74) is 1.35. The Morgan fingerprint density at radius 2 is 1.96 bits per heavy atom. The fourth-order valence-corrected chi connectivity index (χ4v) is 2.04. The third-order valence-corrected chi connectivity index (χ3v) is 3.27. The van der Waals surface area contributed by atoms with Crippen LogP contribution in [0.25, 0.3) is 0 Å². The molecule has 2 aromatic rings. The Labute approximate surface area is 133 Å². The van der Waals surface area contributed by atoms with Gasteiger partial charge in [-0.1, -0.05) is 17.3 Å². The molecule has 1 aromatic carbocycles. The molecule has 23 heavy (non-hydrogen) atoms. The number of carbonyl (C=O) groups is 2. The minimum atomic E-state index is -0.550. The van der Waals surface area contributed by atoms with E-state index in [-0.39, 0.29) is 12.2 Å². The molecule has 7 nitrogen and oxygen atoms in total. The number of ether oxygens (including phenoxy) is 2. The number of nitrogens with zero attached hydrogens (tertiary/aromatic N) is 1. The van der Waals surface area contributed by atoms with E-state index < -0.39 is 17.9 Å². The van der Waals surface area contributed by atoms with Gasteiger partial charge in [-0.15, -0.1) is 0 Å². The van der Waals surface area contributed by atoms with Gasteiger partial charge in [0.1, 0.15) is 5.75 Å². The predicted octanol–water partition coefficient (Wildman–Crippen LogP) is 2.03. The summed E-state index contributed by atoms with van der Waals surface area (Å²) in [4.78, 5) is 23.8. The normalized spacial score (nSPS) is 11.6. The summed E-state index contributed by atoms with van der Waals surface area (Å²) in [6, 6.07) is 8.04. The first-order valence-corrected chi connectivity index (χ1v) is 6.98. The van der Waals surface area contributed by atoms with Gasteiger partial charge in [-0.25, -0.2) is 0 Å². The van der Waals surface area contributed by atoms with Crippen molar-refractivity contribution in [2.75, 3.05) is 14.2 Å². The van der Waals surface area contributed by atoms with Gasteiger partial charge in [0.15, 0.2) is 0 Å². The van der Waals surface area contributed by atoms with Crippen molar-refractivity contribution in [1.29, 1.82) is 0 Å². The lowest BCUT2D eigenvalue weighted by Gasteiger charge is -2.17. The number of carbonyl (C=O) groups excluding carboxylic acids is 2. The van der Waals surface area contributed by atoms with Gasteiger partial charge in [0.2, 0.25) is 5.76 Å². The maximum Gasteiger partial charge on any atom is 0.307 e. The van der Waals surface area contributed by atoms with E-state index in [0.29, 0.717) is 11.4 Å². The number of methoxy groups -OCH3 is 2. The molecule has 122 valence electrons. The first-order chi connectivity index (χ1) is 11.0. The minimum Gasteiger partial charge on any atom is -0.497 e. The number of nitrogens with one attached hydrogen (secondary N) is 1. The number of aryl methyl sites for hydroxylation is 1. The van der Waals surface area contributed by atoms with Gasteiger partial charge < -0.3 is 19.3 Å². The number of aromatic nitrogens is 1. The summed E-state index contributed by atoms with van der Waals surface area (Å²) in [6.45, 7) is 1.72. The average Bonchev–Trinajstić information content (AvgIpc) is 3.00. The lowest BCUT2D eigenvalue weighted by Crippen LogP contribution is -2.30. The maximum absolute atomic E-state index is 12.2. The molecule has 1 amide bonds. The summed E-state index contributed by atoms with van der Waals surface area (Å²) < 4.78 is 14.7. The SMILES string of the molecule is COC(=O)CC(NC(=O)c1cc(C)no1)c1ccc(OC)cc1. The van der Waals surface area contributed by atoms with Crippen molar-refractivity contribution in [3.05, 3.63) is 47.3 Å². The zero-order valence-corrected chi connectivity index (χ0v) is 13.2. The molecule has 0 radical (unpaired) electrons. The van der Waals surface area contributed by atoms with Gasteiger partial charge in [-0.05, 0) is 24.6 Å². The molecule has 0 bridgehead atoms. The number of amides is 1. The third-order valence-electron chi connectivity index (χ3n) is 3.27. The largest absolute Gasteiger partial charge is 0.497 e. The van der Waals surface area contributed by atoms with E-state index >= 15 is 0 Å². The van der Waals surface area contributed by atoms with E-state index in [4.69, 9.17) is 9.26 Å². The molecule has 1 unspecified atom stereocenters. The summed E-state index contributed by atoms with van der Waals surface area (Å²) in [5.74, 6) is -0.108. The lowest BCUT2D eigenvalue weighted by atomic mass is 10.0. The fraction of sp³-hybridized carbons (Fsp3) is 0.312. The first-order valence-electron chi connectivity index (χ1n) is 6.98. The van der Waals surface area contributed by atoms with E-state index in [0.717, 1.165) is 5.56 Å². The molecule has 2 rings (SSSR count). The highest BCUT2D eigenvalue weighted by atomic mass is 16.5. The molecule has 0 saturated carbocycles. The molecular formula is C16H18N2O5. The highest BCUT2D eigenvalue weighted by molar-refractivity contribution is 5.92. The molecule has 0 fully saturated rings. The molecular weight excluding hydrogens is 300 g/mol. The molecule has 0 saturated heterocycles. The third kappa shape index (κ3) is 4.32. The van der Waals surface area contributed by atoms with Crippen LogP contribution in [0.15, 0.2) is 34.9 Å². The van der Waals surface area contributed by atoms with Crippen LogP contribution in [0.3, 0.4) is 0 Å². The van der Waals surface area contributed by atoms with E-state index in [1.54, 1.807) is 38.3 Å². The highest BCUT2D eigenvalue weighted by Gasteiger charge is 2.21. The summed E-state index contributed by atoms with van der Waals surface area (Å²) in [6.07, 6.45) is 0.00167. The molecule has 0 aliphatic heterocycles. The summed E-state index contributed by atoms with van der Waals surface area (Å²) in [7, 11) is 2.87. The smallest absolute Gasteiger partial charge is 0.307 e. The van der Waals surface area contributed by atoms with E-state index in [9.17, 15) is 9.59 Å². The van der Waals surface area contributed by atoms with Crippen LogP contribution < -0.4 is 10.1 Å². The van der Waals surface area contributed by atoms with Gasteiger partial charge in [-0.3, -0.25) is 9.59 Å². The second kappa shape index (κ2) is 7.44. The number of rotatable bonds is 6. The summed E-state index contributed by atoms with van der Waals surface area (Å²) in [5, 5.41) is 6.42. The van der Waals surface area contributed by atoms with Crippen LogP contribution in [0, 0.1) is 6.92 Å². The van der Waals surface area contributed by atoms with Crippen LogP contribution in [-0.4, -0.2) is 31.3 Å². The predicted molar refractivity (Wildman–Crippen MR) is 81.1 cm³/mol. The fourth-order valence-electron chi connectivity index (χ4n) is 2.04. The standard InChI is InChI=1S/C16H18N2O5/c1-10-8-14(23-18-10)16(20)17-13(9-15(19)22-3)11-4-6-12(21-2)7-5-11/h4-8,13H,9H2,1-3H3,(H,17,20). The van der Waals surface area contributed by atoms with E-state index in [1.807, 2.05) is 0 Å². The van der Waals surface area contributed by atoms with Crippen LogP contribution in [-0.2, 0) is 9.53 Å². The van der Waals surface area contributed by atoms with Gasteiger partial charge in [0.25, 0.3) is 5.91 Å². The quantitative estimate of drug-likeness (QED) is 0.820. The van der Waals surface area contributed by atoms with Gasteiger partial charge in [0, 0.05) is 6.07 Å².